The van der Waals surface area contributed by atoms with Crippen LogP contribution in [0, 0.1) is 0 Å². The van der Waals surface area contributed by atoms with Gasteiger partial charge in [-0.15, -0.1) is 0 Å². The van der Waals surface area contributed by atoms with Crippen LogP contribution < -0.4 is 0 Å². The zero-order valence-electron chi connectivity index (χ0n) is 14.0. The molecule has 122 valence electrons. The monoisotopic (exact) mass is 314 g/mol. The number of fused-ring (bicyclic) bond motifs is 1. The predicted octanol–water partition coefficient (Wildman–Crippen LogP) is 3.04. The third-order valence-electron chi connectivity index (χ3n) is 3.53. The van der Waals surface area contributed by atoms with Gasteiger partial charge in [-0.2, -0.15) is 0 Å². The lowest BCUT2D eigenvalue weighted by Gasteiger charge is -2.35. The Morgan fingerprint density at radius 3 is 2.52 bits per heavy atom. The topological polar surface area (TPSA) is 59.5 Å². The highest BCUT2D eigenvalue weighted by Crippen LogP contribution is 2.22. The molecular formula is C18H22N2O3. The molecule has 2 rings (SSSR count). The van der Waals surface area contributed by atoms with Crippen molar-refractivity contribution in [2.75, 3.05) is 13.2 Å². The van der Waals surface area contributed by atoms with Crippen LogP contribution in [0.3, 0.4) is 0 Å². The average Bonchev–Trinajstić information content (AvgIpc) is 2.50. The second-order valence-corrected chi connectivity index (χ2v) is 6.24. The van der Waals surface area contributed by atoms with E-state index in [2.05, 4.69) is 4.98 Å². The number of esters is 1. The van der Waals surface area contributed by atoms with E-state index in [1.165, 1.54) is 4.90 Å². The number of pyridine rings is 1. The molecule has 0 bridgehead atoms. The molecule has 0 unspecified atom stereocenters. The van der Waals surface area contributed by atoms with Crippen LogP contribution in [-0.2, 0) is 9.53 Å². The van der Waals surface area contributed by atoms with Crippen molar-refractivity contribution in [2.45, 2.75) is 33.2 Å². The molecule has 0 saturated carbocycles. The highest BCUT2D eigenvalue weighted by Gasteiger charge is 2.30. The summed E-state index contributed by atoms with van der Waals surface area (Å²) in [6.45, 7) is 7.65. The molecule has 0 N–H and O–H groups in total. The molecule has 1 amide bonds. The Hall–Kier alpha value is -2.43. The summed E-state index contributed by atoms with van der Waals surface area (Å²) in [6.07, 6.45) is 1.61. The van der Waals surface area contributed by atoms with Gasteiger partial charge in [0.25, 0.3) is 5.91 Å². The third kappa shape index (κ3) is 3.86. The molecule has 1 aromatic heterocycles. The summed E-state index contributed by atoms with van der Waals surface area (Å²) in [5, 5.41) is 0.776. The molecular weight excluding hydrogens is 292 g/mol. The van der Waals surface area contributed by atoms with Crippen molar-refractivity contribution < 1.29 is 14.3 Å². The van der Waals surface area contributed by atoms with E-state index in [1.54, 1.807) is 19.2 Å². The molecule has 5 nitrogen and oxygen atoms in total. The van der Waals surface area contributed by atoms with Gasteiger partial charge in [-0.25, -0.2) is 0 Å². The SMILES string of the molecule is CCOC(=O)CN(C(=O)c1ccnc2ccccc12)C(C)(C)C. The fourth-order valence-electron chi connectivity index (χ4n) is 2.38. The molecule has 23 heavy (non-hydrogen) atoms. The maximum Gasteiger partial charge on any atom is 0.325 e. The minimum Gasteiger partial charge on any atom is -0.465 e. The largest absolute Gasteiger partial charge is 0.465 e. The highest BCUT2D eigenvalue weighted by atomic mass is 16.5. The fraction of sp³-hybridized carbons (Fsp3) is 0.389. The van der Waals surface area contributed by atoms with Crippen LogP contribution in [0.25, 0.3) is 10.9 Å². The summed E-state index contributed by atoms with van der Waals surface area (Å²) in [6, 6.07) is 9.16. The van der Waals surface area contributed by atoms with E-state index < -0.39 is 11.5 Å². The fourth-order valence-corrected chi connectivity index (χ4v) is 2.38. The Morgan fingerprint density at radius 2 is 1.87 bits per heavy atom. The minimum absolute atomic E-state index is 0.0766. The Labute approximate surface area is 136 Å². The van der Waals surface area contributed by atoms with Crippen molar-refractivity contribution in [1.82, 2.24) is 9.88 Å². The summed E-state index contributed by atoms with van der Waals surface area (Å²) >= 11 is 0. The van der Waals surface area contributed by atoms with E-state index in [-0.39, 0.29) is 12.5 Å². The standard InChI is InChI=1S/C18H22N2O3/c1-5-23-16(21)12-20(18(2,3)4)17(22)14-10-11-19-15-9-7-6-8-13(14)15/h6-11H,5,12H2,1-4H3. The van der Waals surface area contributed by atoms with Gasteiger partial charge >= 0.3 is 5.97 Å². The molecule has 1 heterocycles. The lowest BCUT2D eigenvalue weighted by Crippen LogP contribution is -2.48. The zero-order valence-corrected chi connectivity index (χ0v) is 14.0. The number of benzene rings is 1. The van der Waals surface area contributed by atoms with Crippen LogP contribution in [0.2, 0.25) is 0 Å². The van der Waals surface area contributed by atoms with E-state index in [0.717, 1.165) is 10.9 Å². The van der Waals surface area contributed by atoms with Gasteiger partial charge in [-0.3, -0.25) is 14.6 Å². The molecule has 0 aliphatic rings. The van der Waals surface area contributed by atoms with Gasteiger partial charge in [0.1, 0.15) is 6.54 Å². The minimum atomic E-state index is -0.506. The number of rotatable bonds is 4. The lowest BCUT2D eigenvalue weighted by atomic mass is 10.0. The second-order valence-electron chi connectivity index (χ2n) is 6.24. The van der Waals surface area contributed by atoms with Crippen LogP contribution in [0.15, 0.2) is 36.5 Å². The number of nitrogens with zero attached hydrogens (tertiary/aromatic N) is 2. The first kappa shape index (κ1) is 16.9. The van der Waals surface area contributed by atoms with Crippen LogP contribution in [0.1, 0.15) is 38.1 Å². The van der Waals surface area contributed by atoms with E-state index in [4.69, 9.17) is 4.74 Å². The molecule has 1 aromatic carbocycles. The van der Waals surface area contributed by atoms with E-state index in [9.17, 15) is 9.59 Å². The van der Waals surface area contributed by atoms with Gasteiger partial charge in [0.15, 0.2) is 0 Å². The Kier molecular flexibility index (Phi) is 4.98. The Balaban J connectivity index is 2.42. The predicted molar refractivity (Wildman–Crippen MR) is 89.2 cm³/mol. The smallest absolute Gasteiger partial charge is 0.325 e. The van der Waals surface area contributed by atoms with Crippen molar-refractivity contribution in [1.29, 1.82) is 0 Å². The normalized spacial score (nSPS) is 11.3. The molecule has 0 saturated heterocycles. The first-order chi connectivity index (χ1) is 10.8. The summed E-state index contributed by atoms with van der Waals surface area (Å²) in [7, 11) is 0. The summed E-state index contributed by atoms with van der Waals surface area (Å²) < 4.78 is 5.00. The summed E-state index contributed by atoms with van der Waals surface area (Å²) in [4.78, 5) is 30.7. The summed E-state index contributed by atoms with van der Waals surface area (Å²) in [5.41, 5.74) is 0.784. The van der Waals surface area contributed by atoms with Gasteiger partial charge in [-0.05, 0) is 39.8 Å². The number of carbonyl (C=O) groups is 2. The second kappa shape index (κ2) is 6.77. The van der Waals surface area contributed by atoms with E-state index in [0.29, 0.717) is 12.2 Å². The van der Waals surface area contributed by atoms with Crippen molar-refractivity contribution in [3.8, 4) is 0 Å². The zero-order chi connectivity index (χ0) is 17.0. The number of carbonyl (C=O) groups excluding carboxylic acids is 2. The average molecular weight is 314 g/mol. The molecule has 0 atom stereocenters. The van der Waals surface area contributed by atoms with Crippen molar-refractivity contribution in [3.63, 3.8) is 0 Å². The van der Waals surface area contributed by atoms with Crippen molar-refractivity contribution >= 4 is 22.8 Å². The van der Waals surface area contributed by atoms with E-state index >= 15 is 0 Å². The van der Waals surface area contributed by atoms with Gasteiger partial charge in [0.05, 0.1) is 17.7 Å². The van der Waals surface area contributed by atoms with E-state index in [1.807, 2.05) is 45.0 Å². The molecule has 0 aliphatic heterocycles. The molecule has 0 aliphatic carbocycles. The van der Waals surface area contributed by atoms with Crippen LogP contribution in [0.4, 0.5) is 0 Å². The molecule has 2 aromatic rings. The maximum atomic E-state index is 13.0. The molecule has 5 heteroatoms. The number of amides is 1. The Bertz CT molecular complexity index is 714. The number of hydrogen-bond donors (Lipinski definition) is 0. The van der Waals surface area contributed by atoms with Gasteiger partial charge in [-0.1, -0.05) is 18.2 Å². The van der Waals surface area contributed by atoms with Crippen LogP contribution in [0.5, 0.6) is 0 Å². The van der Waals surface area contributed by atoms with Gasteiger partial charge in [0.2, 0.25) is 0 Å². The van der Waals surface area contributed by atoms with Crippen LogP contribution in [-0.4, -0.2) is 40.5 Å². The summed E-state index contributed by atoms with van der Waals surface area (Å²) in [5.74, 6) is -0.613. The van der Waals surface area contributed by atoms with Gasteiger partial charge in [0, 0.05) is 17.1 Å². The highest BCUT2D eigenvalue weighted by molar-refractivity contribution is 6.06. The first-order valence-corrected chi connectivity index (χ1v) is 7.66. The molecule has 0 radical (unpaired) electrons. The molecule has 0 spiro atoms. The Morgan fingerprint density at radius 1 is 1.17 bits per heavy atom. The van der Waals surface area contributed by atoms with Gasteiger partial charge < -0.3 is 9.64 Å². The van der Waals surface area contributed by atoms with Crippen LogP contribution >= 0.6 is 0 Å². The third-order valence-corrected chi connectivity index (χ3v) is 3.53. The van der Waals surface area contributed by atoms with Crippen molar-refractivity contribution in [2.24, 2.45) is 0 Å². The maximum absolute atomic E-state index is 13.0. The number of hydrogen-bond acceptors (Lipinski definition) is 4. The lowest BCUT2D eigenvalue weighted by molar-refractivity contribution is -0.144. The first-order valence-electron chi connectivity index (χ1n) is 7.66. The van der Waals surface area contributed by atoms with Crippen molar-refractivity contribution in [3.05, 3.63) is 42.1 Å². The number of ether oxygens (including phenoxy) is 1. The number of para-hydroxylation sites is 1. The quantitative estimate of drug-likeness (QED) is 0.814. The number of aromatic nitrogens is 1. The molecule has 0 fully saturated rings.